The minimum Gasteiger partial charge on any atom is -0.487 e. The van der Waals surface area contributed by atoms with Gasteiger partial charge in [-0.1, -0.05) is 36.9 Å². The molecule has 0 aliphatic carbocycles. The van der Waals surface area contributed by atoms with Crippen molar-refractivity contribution in [2.45, 2.75) is 6.92 Å². The molecule has 1 heterocycles. The van der Waals surface area contributed by atoms with Crippen LogP contribution in [0.25, 0.3) is 16.8 Å². The fourth-order valence-corrected chi connectivity index (χ4v) is 5.14. The fourth-order valence-electron chi connectivity index (χ4n) is 3.01. The van der Waals surface area contributed by atoms with E-state index in [0.29, 0.717) is 12.5 Å². The summed E-state index contributed by atoms with van der Waals surface area (Å²) in [5, 5.41) is 2.20. The van der Waals surface area contributed by atoms with Gasteiger partial charge in [0.05, 0.1) is 7.14 Å². The number of halogens is 2. The molecule has 0 aromatic heterocycles. The van der Waals surface area contributed by atoms with E-state index in [9.17, 15) is 4.79 Å². The maximum Gasteiger partial charge on any atom is 0.363 e. The van der Waals surface area contributed by atoms with E-state index >= 15 is 0 Å². The Hall–Kier alpha value is -2.20. The summed E-state index contributed by atoms with van der Waals surface area (Å²) in [6.45, 7) is 6.26. The minimum absolute atomic E-state index is 0.278. The first-order valence-corrected chi connectivity index (χ1v) is 11.3. The number of rotatable bonds is 5. The van der Waals surface area contributed by atoms with Crippen LogP contribution in [0.2, 0.25) is 0 Å². The minimum atomic E-state index is -0.453. The van der Waals surface area contributed by atoms with Crippen molar-refractivity contribution in [2.24, 2.45) is 4.99 Å². The standard InChI is InChI=1S/C24H17I2NO3/c1-14(2)13-29-22-19(25)9-15(10-20(22)26)11-21-24(28)30-23(27-21)18-8-7-16-5-3-4-6-17(16)12-18/h3-12H,1,13H2,2H3/b21-11+. The molecule has 0 N–H and O–H groups in total. The number of benzene rings is 3. The lowest BCUT2D eigenvalue weighted by Crippen LogP contribution is -2.05. The molecule has 0 spiro atoms. The largest absolute Gasteiger partial charge is 0.487 e. The number of cyclic esters (lactones) is 1. The molecule has 30 heavy (non-hydrogen) atoms. The number of esters is 1. The highest BCUT2D eigenvalue weighted by molar-refractivity contribution is 14.1. The van der Waals surface area contributed by atoms with Crippen molar-refractivity contribution < 1.29 is 14.3 Å². The second kappa shape index (κ2) is 8.89. The Kier molecular flexibility index (Phi) is 6.24. The van der Waals surface area contributed by atoms with Gasteiger partial charge in [0.1, 0.15) is 12.4 Å². The molecule has 0 saturated carbocycles. The molecule has 4 nitrogen and oxygen atoms in total. The van der Waals surface area contributed by atoms with Gasteiger partial charge in [-0.25, -0.2) is 9.79 Å². The second-order valence-electron chi connectivity index (χ2n) is 6.96. The predicted octanol–water partition coefficient (Wildman–Crippen LogP) is 6.35. The number of carbonyl (C=O) groups excluding carboxylic acids is 1. The van der Waals surface area contributed by atoms with E-state index in [-0.39, 0.29) is 5.70 Å². The number of nitrogens with zero attached hydrogens (tertiary/aromatic N) is 1. The number of hydrogen-bond donors (Lipinski definition) is 0. The Morgan fingerprint density at radius 2 is 1.80 bits per heavy atom. The van der Waals surface area contributed by atoms with E-state index in [1.165, 1.54) is 0 Å². The Morgan fingerprint density at radius 3 is 2.50 bits per heavy atom. The summed E-state index contributed by atoms with van der Waals surface area (Å²) < 4.78 is 13.2. The Bertz CT molecular complexity index is 1220. The molecule has 1 aliphatic heterocycles. The summed E-state index contributed by atoms with van der Waals surface area (Å²) in [4.78, 5) is 16.8. The van der Waals surface area contributed by atoms with Crippen LogP contribution >= 0.6 is 45.2 Å². The lowest BCUT2D eigenvalue weighted by Gasteiger charge is -2.11. The van der Waals surface area contributed by atoms with Gasteiger partial charge in [0.15, 0.2) is 5.70 Å². The molecule has 0 amide bonds. The Labute approximate surface area is 202 Å². The van der Waals surface area contributed by atoms with Crippen LogP contribution < -0.4 is 4.74 Å². The molecule has 0 bridgehead atoms. The maximum atomic E-state index is 12.4. The molecular weight excluding hydrogens is 604 g/mol. The summed E-state index contributed by atoms with van der Waals surface area (Å²) in [5.74, 6) is 0.685. The summed E-state index contributed by atoms with van der Waals surface area (Å²) in [6, 6.07) is 17.8. The van der Waals surface area contributed by atoms with Crippen LogP contribution in [0.5, 0.6) is 5.75 Å². The first-order chi connectivity index (χ1) is 14.4. The average Bonchev–Trinajstić information content (AvgIpc) is 3.07. The quantitative estimate of drug-likeness (QED) is 0.145. The Balaban J connectivity index is 1.64. The van der Waals surface area contributed by atoms with E-state index in [0.717, 1.165) is 40.4 Å². The van der Waals surface area contributed by atoms with Crippen molar-refractivity contribution in [3.05, 3.63) is 90.7 Å². The highest BCUT2D eigenvalue weighted by atomic mass is 127. The number of ether oxygens (including phenoxy) is 2. The number of carbonyl (C=O) groups is 1. The molecule has 1 aliphatic rings. The zero-order valence-corrected chi connectivity index (χ0v) is 20.4. The molecular formula is C24H17I2NO3. The topological polar surface area (TPSA) is 47.9 Å². The SMILES string of the molecule is C=C(C)COc1c(I)cc(/C=C2/N=C(c3ccc4ccccc4c3)OC2=O)cc1I. The van der Waals surface area contributed by atoms with Crippen molar-refractivity contribution in [1.29, 1.82) is 0 Å². The number of fused-ring (bicyclic) bond motifs is 1. The predicted molar refractivity (Wildman–Crippen MR) is 137 cm³/mol. The lowest BCUT2D eigenvalue weighted by molar-refractivity contribution is -0.129. The van der Waals surface area contributed by atoms with Crippen LogP contribution in [0.4, 0.5) is 0 Å². The van der Waals surface area contributed by atoms with Gasteiger partial charge in [-0.05, 0) is 104 Å². The van der Waals surface area contributed by atoms with Gasteiger partial charge in [-0.15, -0.1) is 0 Å². The van der Waals surface area contributed by atoms with Gasteiger partial charge < -0.3 is 9.47 Å². The second-order valence-corrected chi connectivity index (χ2v) is 9.28. The van der Waals surface area contributed by atoms with Crippen LogP contribution in [-0.4, -0.2) is 18.5 Å². The molecule has 0 atom stereocenters. The van der Waals surface area contributed by atoms with Crippen LogP contribution in [0.3, 0.4) is 0 Å². The van der Waals surface area contributed by atoms with E-state index in [2.05, 4.69) is 56.8 Å². The molecule has 4 rings (SSSR count). The number of hydrogen-bond acceptors (Lipinski definition) is 4. The van der Waals surface area contributed by atoms with Crippen molar-refractivity contribution in [3.8, 4) is 5.75 Å². The highest BCUT2D eigenvalue weighted by Crippen LogP contribution is 2.31. The molecule has 0 saturated heterocycles. The fraction of sp³-hybridized carbons (Fsp3) is 0.0833. The third kappa shape index (κ3) is 4.59. The molecule has 6 heteroatoms. The summed E-state index contributed by atoms with van der Waals surface area (Å²) in [6.07, 6.45) is 1.74. The molecule has 150 valence electrons. The normalized spacial score (nSPS) is 14.7. The zero-order valence-electron chi connectivity index (χ0n) is 16.1. The maximum absolute atomic E-state index is 12.4. The lowest BCUT2D eigenvalue weighted by atomic mass is 10.1. The number of aliphatic imine (C=N–C) groups is 1. The van der Waals surface area contributed by atoms with E-state index < -0.39 is 5.97 Å². The summed E-state index contributed by atoms with van der Waals surface area (Å²) in [7, 11) is 0. The van der Waals surface area contributed by atoms with Crippen LogP contribution in [-0.2, 0) is 9.53 Å². The van der Waals surface area contributed by atoms with Crippen LogP contribution in [0.15, 0.2) is 77.4 Å². The third-order valence-electron chi connectivity index (χ3n) is 4.40. The molecule has 0 unspecified atom stereocenters. The smallest absolute Gasteiger partial charge is 0.363 e. The van der Waals surface area contributed by atoms with Crippen LogP contribution in [0, 0.1) is 7.14 Å². The van der Waals surface area contributed by atoms with Gasteiger partial charge in [0.2, 0.25) is 5.90 Å². The molecule has 0 radical (unpaired) electrons. The van der Waals surface area contributed by atoms with E-state index in [4.69, 9.17) is 9.47 Å². The monoisotopic (exact) mass is 621 g/mol. The van der Waals surface area contributed by atoms with Crippen molar-refractivity contribution in [2.75, 3.05) is 6.61 Å². The first kappa shape index (κ1) is 21.0. The average molecular weight is 621 g/mol. The Morgan fingerprint density at radius 1 is 1.10 bits per heavy atom. The van der Waals surface area contributed by atoms with E-state index in [1.54, 1.807) is 6.08 Å². The van der Waals surface area contributed by atoms with Gasteiger partial charge in [-0.3, -0.25) is 0 Å². The third-order valence-corrected chi connectivity index (χ3v) is 6.01. The van der Waals surface area contributed by atoms with Crippen molar-refractivity contribution in [1.82, 2.24) is 0 Å². The van der Waals surface area contributed by atoms with Crippen molar-refractivity contribution in [3.63, 3.8) is 0 Å². The highest BCUT2D eigenvalue weighted by Gasteiger charge is 2.24. The van der Waals surface area contributed by atoms with Gasteiger partial charge in [-0.2, -0.15) is 0 Å². The van der Waals surface area contributed by atoms with Crippen LogP contribution in [0.1, 0.15) is 18.1 Å². The molecule has 3 aromatic rings. The van der Waals surface area contributed by atoms with Crippen molar-refractivity contribution >= 4 is 73.9 Å². The zero-order chi connectivity index (χ0) is 21.3. The van der Waals surface area contributed by atoms with Gasteiger partial charge in [0.25, 0.3) is 0 Å². The van der Waals surface area contributed by atoms with Gasteiger partial charge >= 0.3 is 5.97 Å². The summed E-state index contributed by atoms with van der Waals surface area (Å²) in [5.41, 5.74) is 2.87. The summed E-state index contributed by atoms with van der Waals surface area (Å²) >= 11 is 4.46. The van der Waals surface area contributed by atoms with Gasteiger partial charge in [0, 0.05) is 5.56 Å². The molecule has 3 aromatic carbocycles. The first-order valence-electron chi connectivity index (χ1n) is 9.18. The molecule has 0 fully saturated rings. The van der Waals surface area contributed by atoms with E-state index in [1.807, 2.05) is 61.5 Å².